The molecular weight excluding hydrogens is 212 g/mol. The molecule has 0 bridgehead atoms. The van der Waals surface area contributed by atoms with Gasteiger partial charge in [0.2, 0.25) is 0 Å². The van der Waals surface area contributed by atoms with Crippen LogP contribution in [0.25, 0.3) is 0 Å². The van der Waals surface area contributed by atoms with E-state index in [9.17, 15) is 0 Å². The van der Waals surface area contributed by atoms with Crippen molar-refractivity contribution in [3.63, 3.8) is 0 Å². The Hall–Kier alpha value is -1.06. The van der Waals surface area contributed by atoms with E-state index in [2.05, 4.69) is 24.5 Å². The van der Waals surface area contributed by atoms with Crippen molar-refractivity contribution in [3.05, 3.63) is 29.8 Å². The Kier molecular flexibility index (Phi) is 4.40. The number of hydrogen-bond acceptors (Lipinski definition) is 3. The summed E-state index contributed by atoms with van der Waals surface area (Å²) in [5.74, 6) is 7.30. The Morgan fingerprint density at radius 3 is 2.88 bits per heavy atom. The van der Waals surface area contributed by atoms with Crippen LogP contribution in [0.3, 0.4) is 0 Å². The molecule has 1 unspecified atom stereocenters. The number of nitrogens with one attached hydrogen (secondary N) is 1. The van der Waals surface area contributed by atoms with Gasteiger partial charge in [-0.05, 0) is 42.9 Å². The van der Waals surface area contributed by atoms with Gasteiger partial charge in [-0.15, -0.1) is 0 Å². The van der Waals surface area contributed by atoms with E-state index in [1.165, 1.54) is 24.8 Å². The van der Waals surface area contributed by atoms with Gasteiger partial charge in [-0.25, -0.2) is 0 Å². The number of rotatable bonds is 6. The van der Waals surface area contributed by atoms with Crippen LogP contribution >= 0.6 is 0 Å². The molecule has 1 saturated carbocycles. The lowest BCUT2D eigenvalue weighted by atomic mass is 9.77. The summed E-state index contributed by atoms with van der Waals surface area (Å²) in [5, 5.41) is 0. The van der Waals surface area contributed by atoms with E-state index >= 15 is 0 Å². The molecule has 0 aliphatic heterocycles. The molecule has 3 N–H and O–H groups in total. The maximum atomic E-state index is 5.67. The molecule has 0 radical (unpaired) electrons. The Balaban J connectivity index is 2.07. The van der Waals surface area contributed by atoms with Gasteiger partial charge < -0.3 is 4.74 Å². The molecule has 0 aromatic heterocycles. The molecule has 1 aliphatic rings. The molecule has 1 aromatic rings. The fourth-order valence-electron chi connectivity index (χ4n) is 2.30. The molecule has 0 heterocycles. The monoisotopic (exact) mass is 234 g/mol. The molecule has 17 heavy (non-hydrogen) atoms. The highest BCUT2D eigenvalue weighted by Gasteiger charge is 2.27. The van der Waals surface area contributed by atoms with Crippen molar-refractivity contribution < 1.29 is 4.74 Å². The van der Waals surface area contributed by atoms with Crippen LogP contribution < -0.4 is 16.0 Å². The van der Waals surface area contributed by atoms with E-state index in [-0.39, 0.29) is 6.04 Å². The highest BCUT2D eigenvalue weighted by molar-refractivity contribution is 5.31. The van der Waals surface area contributed by atoms with Gasteiger partial charge in [0.25, 0.3) is 0 Å². The third-order valence-corrected chi connectivity index (χ3v) is 3.49. The van der Waals surface area contributed by atoms with Crippen LogP contribution in [0.15, 0.2) is 24.3 Å². The largest absolute Gasteiger partial charge is 0.494 e. The standard InChI is InChI=1S/C14H22N2O/c1-2-9-17-13-8-4-7-12(10-13)14(16-15)11-5-3-6-11/h4,7-8,10-11,14,16H,2-3,5-6,9,15H2,1H3. The van der Waals surface area contributed by atoms with Crippen molar-refractivity contribution in [1.29, 1.82) is 0 Å². The van der Waals surface area contributed by atoms with Gasteiger partial charge in [-0.3, -0.25) is 11.3 Å². The normalized spacial score (nSPS) is 17.5. The van der Waals surface area contributed by atoms with Gasteiger partial charge in [0.15, 0.2) is 0 Å². The molecule has 3 heteroatoms. The molecule has 1 aliphatic carbocycles. The minimum atomic E-state index is 0.272. The van der Waals surface area contributed by atoms with E-state index in [1.807, 2.05) is 12.1 Å². The fourth-order valence-corrected chi connectivity index (χ4v) is 2.30. The van der Waals surface area contributed by atoms with Gasteiger partial charge >= 0.3 is 0 Å². The molecule has 94 valence electrons. The van der Waals surface area contributed by atoms with Crippen LogP contribution in [0.2, 0.25) is 0 Å². The summed E-state index contributed by atoms with van der Waals surface area (Å²) in [7, 11) is 0. The zero-order valence-corrected chi connectivity index (χ0v) is 10.5. The maximum Gasteiger partial charge on any atom is 0.119 e. The highest BCUT2D eigenvalue weighted by atomic mass is 16.5. The number of nitrogens with two attached hydrogens (primary N) is 1. The number of hydrogen-bond donors (Lipinski definition) is 2. The number of ether oxygens (including phenoxy) is 1. The summed E-state index contributed by atoms with van der Waals surface area (Å²) >= 11 is 0. The van der Waals surface area contributed by atoms with E-state index in [0.29, 0.717) is 5.92 Å². The van der Waals surface area contributed by atoms with E-state index in [4.69, 9.17) is 10.6 Å². The second-order valence-electron chi connectivity index (χ2n) is 4.76. The quantitative estimate of drug-likeness (QED) is 0.587. The number of benzene rings is 1. The van der Waals surface area contributed by atoms with Gasteiger partial charge in [-0.1, -0.05) is 25.5 Å². The first-order valence-corrected chi connectivity index (χ1v) is 6.54. The molecule has 0 amide bonds. The fraction of sp³-hybridized carbons (Fsp3) is 0.571. The summed E-state index contributed by atoms with van der Waals surface area (Å²) < 4.78 is 5.65. The SMILES string of the molecule is CCCOc1cccc(C(NN)C2CCC2)c1. The predicted molar refractivity (Wildman–Crippen MR) is 69.6 cm³/mol. The van der Waals surface area contributed by atoms with Crippen molar-refractivity contribution in [1.82, 2.24) is 5.43 Å². The van der Waals surface area contributed by atoms with Crippen LogP contribution in [-0.2, 0) is 0 Å². The van der Waals surface area contributed by atoms with Gasteiger partial charge in [0, 0.05) is 6.04 Å². The zero-order chi connectivity index (χ0) is 12.1. The van der Waals surface area contributed by atoms with E-state index < -0.39 is 0 Å². The number of hydrazine groups is 1. The summed E-state index contributed by atoms with van der Waals surface area (Å²) in [5.41, 5.74) is 4.19. The Labute approximate surface area is 103 Å². The lowest BCUT2D eigenvalue weighted by molar-refractivity contribution is 0.231. The van der Waals surface area contributed by atoms with Crippen molar-refractivity contribution in [3.8, 4) is 5.75 Å². The lowest BCUT2D eigenvalue weighted by Gasteiger charge is -2.33. The Morgan fingerprint density at radius 2 is 2.29 bits per heavy atom. The Bertz CT molecular complexity index is 350. The Morgan fingerprint density at radius 1 is 1.47 bits per heavy atom. The van der Waals surface area contributed by atoms with Crippen molar-refractivity contribution in [2.75, 3.05) is 6.61 Å². The average Bonchev–Trinajstić information content (AvgIpc) is 2.31. The van der Waals surface area contributed by atoms with Crippen LogP contribution in [0.5, 0.6) is 5.75 Å². The van der Waals surface area contributed by atoms with Gasteiger partial charge in [-0.2, -0.15) is 0 Å². The lowest BCUT2D eigenvalue weighted by Crippen LogP contribution is -2.36. The van der Waals surface area contributed by atoms with E-state index in [0.717, 1.165) is 18.8 Å². The molecule has 0 spiro atoms. The van der Waals surface area contributed by atoms with E-state index in [1.54, 1.807) is 0 Å². The van der Waals surface area contributed by atoms with Crippen molar-refractivity contribution in [2.24, 2.45) is 11.8 Å². The van der Waals surface area contributed by atoms with Crippen molar-refractivity contribution in [2.45, 2.75) is 38.6 Å². The second-order valence-corrected chi connectivity index (χ2v) is 4.76. The maximum absolute atomic E-state index is 5.67. The van der Waals surface area contributed by atoms with Crippen LogP contribution in [0.4, 0.5) is 0 Å². The van der Waals surface area contributed by atoms with Crippen LogP contribution in [0.1, 0.15) is 44.2 Å². The molecule has 1 fully saturated rings. The highest BCUT2D eigenvalue weighted by Crippen LogP contribution is 2.37. The summed E-state index contributed by atoms with van der Waals surface area (Å²) in [6.45, 7) is 2.88. The van der Waals surface area contributed by atoms with Gasteiger partial charge in [0.1, 0.15) is 5.75 Å². The molecule has 1 aromatic carbocycles. The molecule has 2 rings (SSSR count). The molecule has 3 nitrogen and oxygen atoms in total. The first-order chi connectivity index (χ1) is 8.35. The summed E-state index contributed by atoms with van der Waals surface area (Å²) in [6, 6.07) is 8.56. The average molecular weight is 234 g/mol. The third-order valence-electron chi connectivity index (χ3n) is 3.49. The molecular formula is C14H22N2O. The zero-order valence-electron chi connectivity index (χ0n) is 10.5. The molecule has 1 atom stereocenters. The first kappa shape index (κ1) is 12.4. The minimum absolute atomic E-state index is 0.272. The van der Waals surface area contributed by atoms with Gasteiger partial charge in [0.05, 0.1) is 6.61 Å². The van der Waals surface area contributed by atoms with Crippen molar-refractivity contribution >= 4 is 0 Å². The smallest absolute Gasteiger partial charge is 0.119 e. The second kappa shape index (κ2) is 6.03. The third kappa shape index (κ3) is 2.99. The minimum Gasteiger partial charge on any atom is -0.494 e. The van der Waals surface area contributed by atoms with Crippen LogP contribution in [0, 0.1) is 5.92 Å². The predicted octanol–water partition coefficient (Wildman–Crippen LogP) is 2.78. The molecule has 0 saturated heterocycles. The first-order valence-electron chi connectivity index (χ1n) is 6.54. The summed E-state index contributed by atoms with van der Waals surface area (Å²) in [6.07, 6.45) is 4.91. The topological polar surface area (TPSA) is 47.3 Å². The van der Waals surface area contributed by atoms with Crippen LogP contribution in [-0.4, -0.2) is 6.61 Å². The summed E-state index contributed by atoms with van der Waals surface area (Å²) in [4.78, 5) is 0.